The summed E-state index contributed by atoms with van der Waals surface area (Å²) in [6.07, 6.45) is 5.37. The molecule has 2 aliphatic heterocycles. The first kappa shape index (κ1) is 18.7. The Morgan fingerprint density at radius 3 is 2.52 bits per heavy atom. The molecule has 1 atom stereocenters. The van der Waals surface area contributed by atoms with Crippen LogP contribution in [-0.4, -0.2) is 45.4 Å². The van der Waals surface area contributed by atoms with E-state index in [2.05, 4.69) is 14.8 Å². The smallest absolute Gasteiger partial charge is 0.338 e. The Labute approximate surface area is 157 Å². The number of carbonyl (C=O) groups excluding carboxylic acids is 1. The van der Waals surface area contributed by atoms with Gasteiger partial charge in [0.1, 0.15) is 11.2 Å². The predicted molar refractivity (Wildman–Crippen MR) is 94.8 cm³/mol. The quantitative estimate of drug-likeness (QED) is 0.794. The Balaban J connectivity index is 1.48. The summed E-state index contributed by atoms with van der Waals surface area (Å²) in [7, 11) is 0. The first-order chi connectivity index (χ1) is 12.9. The molecule has 3 heterocycles. The number of halogens is 3. The first-order valence-electron chi connectivity index (χ1n) is 9.98. The van der Waals surface area contributed by atoms with E-state index in [9.17, 15) is 18.0 Å². The molecule has 1 unspecified atom stereocenters. The Kier molecular flexibility index (Phi) is 4.91. The second-order valence-corrected chi connectivity index (χ2v) is 8.15. The molecule has 2 saturated heterocycles. The number of amides is 1. The summed E-state index contributed by atoms with van der Waals surface area (Å²) < 4.78 is 38.1. The highest BCUT2D eigenvalue weighted by Gasteiger charge is 2.54. The van der Waals surface area contributed by atoms with Crippen LogP contribution in [0.5, 0.6) is 0 Å². The van der Waals surface area contributed by atoms with E-state index in [4.69, 9.17) is 0 Å². The fraction of sp³-hybridized carbons (Fsp3) is 0.700. The number of aromatic nitrogens is 1. The topological polar surface area (TPSA) is 36.4 Å². The van der Waals surface area contributed by atoms with Crippen LogP contribution in [0, 0.1) is 0 Å². The third kappa shape index (κ3) is 3.46. The summed E-state index contributed by atoms with van der Waals surface area (Å²) >= 11 is 0. The highest BCUT2D eigenvalue weighted by molar-refractivity contribution is 5.89. The number of hydrogen-bond acceptors (Lipinski definition) is 3. The molecule has 3 fully saturated rings. The average Bonchev–Trinajstić information content (AvgIpc) is 3.21. The van der Waals surface area contributed by atoms with E-state index < -0.39 is 17.4 Å². The van der Waals surface area contributed by atoms with E-state index in [-0.39, 0.29) is 5.91 Å². The zero-order valence-electron chi connectivity index (χ0n) is 15.5. The van der Waals surface area contributed by atoms with Gasteiger partial charge in [-0.25, -0.2) is 0 Å². The van der Waals surface area contributed by atoms with Crippen molar-refractivity contribution < 1.29 is 18.0 Å². The van der Waals surface area contributed by atoms with Crippen molar-refractivity contribution in [1.82, 2.24) is 14.8 Å². The SMILES string of the molecule is O=C1N(C2CCCCC2)CCC12CCCN2Cc1ccc(C(F)(F)F)nc1. The molecule has 0 aromatic carbocycles. The van der Waals surface area contributed by atoms with Gasteiger partial charge < -0.3 is 4.90 Å². The summed E-state index contributed by atoms with van der Waals surface area (Å²) in [4.78, 5) is 21.2. The highest BCUT2D eigenvalue weighted by atomic mass is 19.4. The van der Waals surface area contributed by atoms with Gasteiger partial charge in [0.2, 0.25) is 5.91 Å². The maximum atomic E-state index is 13.3. The maximum absolute atomic E-state index is 13.3. The minimum Gasteiger partial charge on any atom is -0.338 e. The van der Waals surface area contributed by atoms with Crippen LogP contribution in [0.4, 0.5) is 13.2 Å². The number of nitrogens with zero attached hydrogens (tertiary/aromatic N) is 3. The van der Waals surface area contributed by atoms with Gasteiger partial charge >= 0.3 is 6.18 Å². The van der Waals surface area contributed by atoms with E-state index in [1.807, 2.05) is 0 Å². The van der Waals surface area contributed by atoms with Gasteiger partial charge in [-0.1, -0.05) is 25.3 Å². The molecule has 0 N–H and O–H groups in total. The lowest BCUT2D eigenvalue weighted by molar-refractivity contribution is -0.141. The molecular formula is C20H26F3N3O. The van der Waals surface area contributed by atoms with E-state index in [0.29, 0.717) is 12.6 Å². The summed E-state index contributed by atoms with van der Waals surface area (Å²) in [5.74, 6) is 0.242. The first-order valence-corrected chi connectivity index (χ1v) is 9.98. The Bertz CT molecular complexity index is 685. The summed E-state index contributed by atoms with van der Waals surface area (Å²) in [6, 6.07) is 2.89. The van der Waals surface area contributed by atoms with Gasteiger partial charge in [0.05, 0.1) is 0 Å². The molecule has 0 bridgehead atoms. The largest absolute Gasteiger partial charge is 0.433 e. The molecule has 4 nitrogen and oxygen atoms in total. The van der Waals surface area contributed by atoms with Gasteiger partial charge in [0.15, 0.2) is 0 Å². The van der Waals surface area contributed by atoms with Crippen LogP contribution in [0.2, 0.25) is 0 Å². The molecule has 27 heavy (non-hydrogen) atoms. The van der Waals surface area contributed by atoms with Crippen molar-refractivity contribution in [2.45, 2.75) is 75.7 Å². The Morgan fingerprint density at radius 1 is 1.07 bits per heavy atom. The molecular weight excluding hydrogens is 355 g/mol. The van der Waals surface area contributed by atoms with Crippen LogP contribution in [0.15, 0.2) is 18.3 Å². The number of alkyl halides is 3. The summed E-state index contributed by atoms with van der Waals surface area (Å²) in [5.41, 5.74) is -0.601. The van der Waals surface area contributed by atoms with Crippen LogP contribution in [-0.2, 0) is 17.5 Å². The van der Waals surface area contributed by atoms with Gasteiger partial charge in [0, 0.05) is 25.3 Å². The lowest BCUT2D eigenvalue weighted by atomic mass is 9.92. The standard InChI is InChI=1S/C20H26F3N3O/c21-20(22,23)17-8-7-15(13-24-17)14-25-11-4-9-19(25)10-12-26(18(19)27)16-5-2-1-3-6-16/h7-8,13,16H,1-6,9-12,14H2. The van der Waals surface area contributed by atoms with Crippen molar-refractivity contribution in [2.75, 3.05) is 13.1 Å². The molecule has 3 aliphatic rings. The van der Waals surface area contributed by atoms with Gasteiger partial charge in [-0.3, -0.25) is 14.7 Å². The van der Waals surface area contributed by atoms with Crippen LogP contribution in [0.3, 0.4) is 0 Å². The van der Waals surface area contributed by atoms with Crippen LogP contribution < -0.4 is 0 Å². The molecule has 0 radical (unpaired) electrons. The third-order valence-electron chi connectivity index (χ3n) is 6.55. The monoisotopic (exact) mass is 381 g/mol. The van der Waals surface area contributed by atoms with Crippen molar-refractivity contribution in [2.24, 2.45) is 0 Å². The maximum Gasteiger partial charge on any atom is 0.433 e. The average molecular weight is 381 g/mol. The van der Waals surface area contributed by atoms with Crippen LogP contribution >= 0.6 is 0 Å². The molecule has 148 valence electrons. The molecule has 1 aromatic heterocycles. The molecule has 7 heteroatoms. The molecule has 1 aromatic rings. The number of hydrogen-bond donors (Lipinski definition) is 0. The highest BCUT2D eigenvalue weighted by Crippen LogP contribution is 2.42. The lowest BCUT2D eigenvalue weighted by Crippen LogP contribution is -2.51. The van der Waals surface area contributed by atoms with Gasteiger partial charge in [-0.05, 0) is 50.3 Å². The van der Waals surface area contributed by atoms with Gasteiger partial charge in [0.25, 0.3) is 0 Å². The zero-order chi connectivity index (χ0) is 19.1. The Morgan fingerprint density at radius 2 is 1.85 bits per heavy atom. The zero-order valence-corrected chi connectivity index (χ0v) is 15.5. The van der Waals surface area contributed by atoms with E-state index in [1.165, 1.54) is 31.5 Å². The molecule has 1 aliphatic carbocycles. The number of pyridine rings is 1. The minimum atomic E-state index is -4.42. The van der Waals surface area contributed by atoms with Crippen molar-refractivity contribution >= 4 is 5.91 Å². The molecule has 1 saturated carbocycles. The second kappa shape index (κ2) is 7.08. The van der Waals surface area contributed by atoms with Gasteiger partial charge in [-0.2, -0.15) is 13.2 Å². The molecule has 4 rings (SSSR count). The fourth-order valence-electron chi connectivity index (χ4n) is 5.12. The Hall–Kier alpha value is -1.63. The summed E-state index contributed by atoms with van der Waals surface area (Å²) in [6.45, 7) is 2.10. The van der Waals surface area contributed by atoms with E-state index in [0.717, 1.165) is 56.8 Å². The van der Waals surface area contributed by atoms with E-state index >= 15 is 0 Å². The number of likely N-dealkylation sites (tertiary alicyclic amines) is 2. The van der Waals surface area contributed by atoms with Crippen LogP contribution in [0.25, 0.3) is 0 Å². The molecule has 1 amide bonds. The number of rotatable bonds is 3. The van der Waals surface area contributed by atoms with Crippen LogP contribution in [0.1, 0.15) is 62.6 Å². The normalized spacial score (nSPS) is 27.8. The number of carbonyl (C=O) groups is 1. The fourth-order valence-corrected chi connectivity index (χ4v) is 5.12. The van der Waals surface area contributed by atoms with Crippen molar-refractivity contribution in [3.8, 4) is 0 Å². The predicted octanol–water partition coefficient (Wildman–Crippen LogP) is 4.00. The van der Waals surface area contributed by atoms with Crippen molar-refractivity contribution in [3.05, 3.63) is 29.6 Å². The van der Waals surface area contributed by atoms with Gasteiger partial charge in [-0.15, -0.1) is 0 Å². The van der Waals surface area contributed by atoms with E-state index in [1.54, 1.807) is 0 Å². The lowest BCUT2D eigenvalue weighted by Gasteiger charge is -2.36. The van der Waals surface area contributed by atoms with Crippen molar-refractivity contribution in [3.63, 3.8) is 0 Å². The third-order valence-corrected chi connectivity index (χ3v) is 6.55. The second-order valence-electron chi connectivity index (χ2n) is 8.15. The molecule has 1 spiro atoms. The summed E-state index contributed by atoms with van der Waals surface area (Å²) in [5, 5.41) is 0. The van der Waals surface area contributed by atoms with Crippen molar-refractivity contribution in [1.29, 1.82) is 0 Å². The minimum absolute atomic E-state index is 0.242.